The molecule has 1 aliphatic heterocycles. The summed E-state index contributed by atoms with van der Waals surface area (Å²) in [6, 6.07) is 4.53. The van der Waals surface area contributed by atoms with Crippen LogP contribution >= 0.6 is 0 Å². The van der Waals surface area contributed by atoms with Crippen molar-refractivity contribution in [1.82, 2.24) is 25.8 Å². The van der Waals surface area contributed by atoms with E-state index in [4.69, 9.17) is 9.47 Å². The van der Waals surface area contributed by atoms with Gasteiger partial charge < -0.3 is 40.3 Å². The highest BCUT2D eigenvalue weighted by Gasteiger charge is 2.36. The van der Waals surface area contributed by atoms with Crippen molar-refractivity contribution in [3.63, 3.8) is 0 Å². The Labute approximate surface area is 349 Å². The molecule has 0 saturated heterocycles. The number of cyclic esters (lactones) is 2. The summed E-state index contributed by atoms with van der Waals surface area (Å²) in [4.78, 5) is 98.0. The van der Waals surface area contributed by atoms with E-state index in [-0.39, 0.29) is 36.7 Å². The maximum Gasteiger partial charge on any atom is 0.334 e. The molecule has 1 aromatic rings. The number of ether oxygens (including phenoxy) is 2. The molecule has 0 spiro atoms. The van der Waals surface area contributed by atoms with E-state index in [1.807, 2.05) is 26.8 Å². The largest absolute Gasteiger partial charge is 0.456 e. The second-order valence-corrected chi connectivity index (χ2v) is 16.2. The molecule has 15 heteroatoms. The summed E-state index contributed by atoms with van der Waals surface area (Å²) in [5.74, 6) is -5.83. The predicted molar refractivity (Wildman–Crippen MR) is 223 cm³/mol. The highest BCUT2D eigenvalue weighted by atomic mass is 16.6. The molecule has 2 rings (SSSR count). The number of amides is 5. The Morgan fingerprint density at radius 3 is 2.08 bits per heavy atom. The molecular weight excluding hydrogens is 759 g/mol. The summed E-state index contributed by atoms with van der Waals surface area (Å²) in [5.41, 5.74) is 1.51. The Balaban J connectivity index is 2.62. The van der Waals surface area contributed by atoms with E-state index in [0.717, 1.165) is 5.56 Å². The van der Waals surface area contributed by atoms with Gasteiger partial charge in [-0.05, 0) is 70.4 Å². The number of hydrogen-bond donors (Lipinski definition) is 4. The number of nitrogens with one attached hydrogen (secondary N) is 3. The van der Waals surface area contributed by atoms with Crippen molar-refractivity contribution in [3.8, 4) is 0 Å². The molecule has 0 saturated carbocycles. The van der Waals surface area contributed by atoms with Gasteiger partial charge in [0, 0.05) is 32.0 Å². The van der Waals surface area contributed by atoms with Gasteiger partial charge in [-0.3, -0.25) is 24.0 Å². The van der Waals surface area contributed by atoms with Crippen LogP contribution in [-0.2, 0) is 49.5 Å². The number of aliphatic hydroxyl groups is 1. The fourth-order valence-corrected chi connectivity index (χ4v) is 6.55. The normalized spacial score (nSPS) is 28.8. The maximum atomic E-state index is 14.1. The number of carbonyl (C=O) groups excluding carboxylic acids is 7. The van der Waals surface area contributed by atoms with Crippen molar-refractivity contribution < 1.29 is 48.1 Å². The SMILES string of the molecule is C/C=C(\C)[C@H]1OC(=O)[C@@H](C)NC(=O)[C@H]([C@@H](C)CC)NC(=O)CN(C)C(=O)[C@@H](Cc2ccccc2)N(C)C(=O)[C@H](C)NC(=O)[C@@H](CC(C)C)OC(=O)/C(C)=C/C[C@H](O)[C@@H]1C. The molecule has 1 aliphatic rings. The Bertz CT molecular complexity index is 1700. The van der Waals surface area contributed by atoms with Crippen LogP contribution in [0.25, 0.3) is 0 Å². The van der Waals surface area contributed by atoms with Crippen LogP contribution in [0.15, 0.2) is 53.6 Å². The molecule has 0 unspecified atom stereocenters. The topological polar surface area (TPSA) is 201 Å². The van der Waals surface area contributed by atoms with Crippen LogP contribution in [0.4, 0.5) is 0 Å². The molecule has 4 N–H and O–H groups in total. The highest BCUT2D eigenvalue weighted by Crippen LogP contribution is 2.24. The number of hydrogen-bond acceptors (Lipinski definition) is 10. The summed E-state index contributed by atoms with van der Waals surface area (Å²) < 4.78 is 11.5. The lowest BCUT2D eigenvalue weighted by Gasteiger charge is -2.33. The highest BCUT2D eigenvalue weighted by molar-refractivity contribution is 5.96. The molecule has 15 nitrogen and oxygen atoms in total. The zero-order chi connectivity index (χ0) is 44.7. The number of esters is 2. The van der Waals surface area contributed by atoms with E-state index >= 15 is 0 Å². The van der Waals surface area contributed by atoms with Gasteiger partial charge in [0.25, 0.3) is 5.91 Å². The van der Waals surface area contributed by atoms with Crippen LogP contribution in [0.5, 0.6) is 0 Å². The zero-order valence-corrected chi connectivity index (χ0v) is 36.9. The quantitative estimate of drug-likeness (QED) is 0.234. The van der Waals surface area contributed by atoms with Crippen LogP contribution in [0.3, 0.4) is 0 Å². The Morgan fingerprint density at radius 2 is 1.51 bits per heavy atom. The van der Waals surface area contributed by atoms with Gasteiger partial charge in [-0.2, -0.15) is 0 Å². The summed E-state index contributed by atoms with van der Waals surface area (Å²) in [5, 5.41) is 19.3. The summed E-state index contributed by atoms with van der Waals surface area (Å²) in [7, 11) is 2.85. The van der Waals surface area contributed by atoms with Crippen molar-refractivity contribution >= 4 is 41.5 Å². The molecule has 9 atom stereocenters. The van der Waals surface area contributed by atoms with Gasteiger partial charge in [0.05, 0.1) is 12.6 Å². The lowest BCUT2D eigenvalue weighted by Crippen LogP contribution is -2.57. The van der Waals surface area contributed by atoms with Gasteiger partial charge in [0.15, 0.2) is 6.10 Å². The van der Waals surface area contributed by atoms with Gasteiger partial charge in [0.1, 0.15) is 30.3 Å². The average Bonchev–Trinajstić information content (AvgIpc) is 3.20. The summed E-state index contributed by atoms with van der Waals surface area (Å²) >= 11 is 0. The first-order valence-corrected chi connectivity index (χ1v) is 20.5. The smallest absolute Gasteiger partial charge is 0.334 e. The fraction of sp³-hybridized carbons (Fsp3) is 0.614. The van der Waals surface area contributed by atoms with E-state index in [1.165, 1.54) is 50.7 Å². The number of rotatable bonds is 7. The van der Waals surface area contributed by atoms with Crippen molar-refractivity contribution in [1.29, 1.82) is 0 Å². The molecule has 59 heavy (non-hydrogen) atoms. The molecule has 0 radical (unpaired) electrons. The lowest BCUT2D eigenvalue weighted by atomic mass is 9.90. The first-order chi connectivity index (χ1) is 27.6. The minimum atomic E-state index is -1.26. The number of likely N-dealkylation sites (N-methyl/N-ethyl adjacent to an activating group) is 2. The number of benzene rings is 1. The van der Waals surface area contributed by atoms with E-state index in [1.54, 1.807) is 58.0 Å². The van der Waals surface area contributed by atoms with Gasteiger partial charge >= 0.3 is 11.9 Å². The van der Waals surface area contributed by atoms with Crippen molar-refractivity contribution in [3.05, 3.63) is 59.2 Å². The first-order valence-electron chi connectivity index (χ1n) is 20.5. The molecule has 0 aliphatic carbocycles. The average molecular weight is 826 g/mol. The Kier molecular flexibility index (Phi) is 20.0. The van der Waals surface area contributed by atoms with Gasteiger partial charge in [-0.25, -0.2) is 9.59 Å². The standard InChI is InChI=1S/C44H67N5O10/c1-13-26(5)37-40(53)46-31(10)44(57)59-38(27(6)14-2)29(8)34(50)21-20-28(7)43(56)58-35(22-25(3)4)39(52)45-30(9)41(54)49(12)33(23-32-18-16-15-17-19-32)42(55)48(11)24-36(51)47-37/h14-20,25-26,29-31,33-35,37-38,50H,13,21-24H2,1-12H3,(H,45,52)(H,46,53)(H,47,51)/b27-14+,28-20+/t26-,29-,30-,31+,33+,34-,35+,37-,38+/m0/s1. The summed E-state index contributed by atoms with van der Waals surface area (Å²) in [6.45, 7) is 16.5. The lowest BCUT2D eigenvalue weighted by molar-refractivity contribution is -0.155. The molecule has 0 fully saturated rings. The van der Waals surface area contributed by atoms with Crippen LogP contribution in [0.1, 0.15) is 94.1 Å². The molecule has 5 amide bonds. The van der Waals surface area contributed by atoms with Gasteiger partial charge in [-0.1, -0.05) is 83.5 Å². The van der Waals surface area contributed by atoms with E-state index in [2.05, 4.69) is 16.0 Å². The van der Waals surface area contributed by atoms with E-state index in [9.17, 15) is 38.7 Å². The number of allylic oxidation sites excluding steroid dienone is 1. The van der Waals surface area contributed by atoms with E-state index in [0.29, 0.717) is 12.0 Å². The number of nitrogens with zero attached hydrogens (tertiary/aromatic N) is 2. The molecule has 0 bridgehead atoms. The minimum Gasteiger partial charge on any atom is -0.456 e. The monoisotopic (exact) mass is 825 g/mol. The van der Waals surface area contributed by atoms with Crippen LogP contribution in [0, 0.1) is 17.8 Å². The molecule has 0 aromatic heterocycles. The summed E-state index contributed by atoms with van der Waals surface area (Å²) in [6.07, 6.45) is 0.687. The van der Waals surface area contributed by atoms with E-state index < -0.39 is 96.4 Å². The number of aliphatic hydroxyl groups excluding tert-OH is 1. The van der Waals surface area contributed by atoms with Crippen LogP contribution in [0.2, 0.25) is 0 Å². The minimum absolute atomic E-state index is 0.0211. The van der Waals surface area contributed by atoms with Crippen LogP contribution in [-0.4, -0.2) is 120 Å². The molecular formula is C44H67N5O10. The van der Waals surface area contributed by atoms with Gasteiger partial charge in [0.2, 0.25) is 23.6 Å². The van der Waals surface area contributed by atoms with Crippen LogP contribution < -0.4 is 16.0 Å². The molecule has 328 valence electrons. The molecule has 1 heterocycles. The third-order valence-corrected chi connectivity index (χ3v) is 10.8. The third-order valence-electron chi connectivity index (χ3n) is 10.8. The Hall–Kier alpha value is -5.05. The number of carbonyl (C=O) groups is 7. The van der Waals surface area contributed by atoms with Crippen molar-refractivity contribution in [2.75, 3.05) is 20.6 Å². The maximum absolute atomic E-state index is 14.1. The zero-order valence-electron chi connectivity index (χ0n) is 36.9. The van der Waals surface area contributed by atoms with Crippen molar-refractivity contribution in [2.45, 2.75) is 137 Å². The first kappa shape index (κ1) is 50.1. The Morgan fingerprint density at radius 1 is 0.898 bits per heavy atom. The second-order valence-electron chi connectivity index (χ2n) is 16.2. The van der Waals surface area contributed by atoms with Gasteiger partial charge in [-0.15, -0.1) is 0 Å². The predicted octanol–water partition coefficient (Wildman–Crippen LogP) is 3.24. The third kappa shape index (κ3) is 14.9. The van der Waals surface area contributed by atoms with Crippen molar-refractivity contribution in [2.24, 2.45) is 17.8 Å². The molecule has 1 aromatic carbocycles. The fourth-order valence-electron chi connectivity index (χ4n) is 6.55. The second kappa shape index (κ2) is 23.5.